The van der Waals surface area contributed by atoms with Crippen LogP contribution in [0.2, 0.25) is 5.02 Å². The summed E-state index contributed by atoms with van der Waals surface area (Å²) in [6.45, 7) is 0. The van der Waals surface area contributed by atoms with Crippen molar-refractivity contribution < 1.29 is 27.1 Å². The smallest absolute Gasteiger partial charge is 0.454 e. The highest BCUT2D eigenvalue weighted by molar-refractivity contribution is 6.31. The van der Waals surface area contributed by atoms with E-state index in [9.17, 15) is 22.4 Å². The van der Waals surface area contributed by atoms with E-state index in [1.165, 1.54) is 0 Å². The van der Waals surface area contributed by atoms with Gasteiger partial charge in [0.1, 0.15) is 0 Å². The van der Waals surface area contributed by atoms with E-state index < -0.39 is 34.1 Å². The van der Waals surface area contributed by atoms with E-state index in [2.05, 4.69) is 4.74 Å². The van der Waals surface area contributed by atoms with Crippen molar-refractivity contribution in [3.8, 4) is 5.75 Å². The Kier molecular flexibility index (Phi) is 3.42. The average Bonchev–Trinajstić information content (AvgIpc) is 2.19. The van der Waals surface area contributed by atoms with Crippen LogP contribution in [-0.2, 0) is 0 Å². The molecule has 0 amide bonds. The zero-order chi connectivity index (χ0) is 12.5. The molecule has 0 saturated heterocycles. The zero-order valence-electron chi connectivity index (χ0n) is 7.86. The number of hydrogen-bond acceptors (Lipinski definition) is 2. The third-order valence-electron chi connectivity index (χ3n) is 1.73. The Labute approximate surface area is 92.8 Å². The normalized spacial score (nSPS) is 11.4. The number of halogens is 5. The molecule has 0 aliphatic carbocycles. The zero-order valence-corrected chi connectivity index (χ0v) is 8.62. The summed E-state index contributed by atoms with van der Waals surface area (Å²) in [6, 6.07) is 1.26. The lowest BCUT2D eigenvalue weighted by Crippen LogP contribution is -2.22. The standard InChI is InChI=1S/C9H5ClF4O2/c1-16-6-3-4(2-5(10)7(6)11)8(15)9(12,13)14/h2-3H,1H3. The molecule has 0 unspecified atom stereocenters. The van der Waals surface area contributed by atoms with Gasteiger partial charge in [0.25, 0.3) is 5.78 Å². The van der Waals surface area contributed by atoms with Gasteiger partial charge in [-0.3, -0.25) is 4.79 Å². The maximum Gasteiger partial charge on any atom is 0.454 e. The Morgan fingerprint density at radius 3 is 2.38 bits per heavy atom. The summed E-state index contributed by atoms with van der Waals surface area (Å²) in [7, 11) is 1.05. The molecule has 0 heterocycles. The summed E-state index contributed by atoms with van der Waals surface area (Å²) < 4.78 is 53.8. The minimum Gasteiger partial charge on any atom is -0.494 e. The summed E-state index contributed by atoms with van der Waals surface area (Å²) in [5, 5.41) is -0.605. The first-order chi connectivity index (χ1) is 7.27. The highest BCUT2D eigenvalue weighted by Gasteiger charge is 2.39. The van der Waals surface area contributed by atoms with Gasteiger partial charge in [-0.05, 0) is 12.1 Å². The first kappa shape index (κ1) is 12.8. The van der Waals surface area contributed by atoms with Crippen molar-refractivity contribution in [3.63, 3.8) is 0 Å². The molecule has 1 rings (SSSR count). The van der Waals surface area contributed by atoms with Gasteiger partial charge in [-0.25, -0.2) is 4.39 Å². The maximum atomic E-state index is 13.1. The molecule has 7 heteroatoms. The fourth-order valence-corrected chi connectivity index (χ4v) is 1.22. The molecule has 0 radical (unpaired) electrons. The third-order valence-corrected chi connectivity index (χ3v) is 2.01. The highest BCUT2D eigenvalue weighted by Crippen LogP contribution is 2.30. The molecular formula is C9H5ClF4O2. The first-order valence-electron chi connectivity index (χ1n) is 3.92. The molecule has 2 nitrogen and oxygen atoms in total. The molecule has 1 aromatic carbocycles. The van der Waals surface area contributed by atoms with Crippen molar-refractivity contribution in [2.75, 3.05) is 7.11 Å². The van der Waals surface area contributed by atoms with Crippen LogP contribution < -0.4 is 4.74 Å². The number of ether oxygens (including phenoxy) is 1. The number of benzene rings is 1. The topological polar surface area (TPSA) is 26.3 Å². The Balaban J connectivity index is 3.27. The van der Waals surface area contributed by atoms with Crippen LogP contribution in [0, 0.1) is 5.82 Å². The largest absolute Gasteiger partial charge is 0.494 e. The number of carbonyl (C=O) groups is 1. The van der Waals surface area contributed by atoms with Gasteiger partial charge < -0.3 is 4.74 Å². The van der Waals surface area contributed by atoms with Crippen LogP contribution in [0.1, 0.15) is 10.4 Å². The van der Waals surface area contributed by atoms with E-state index in [-0.39, 0.29) is 0 Å². The van der Waals surface area contributed by atoms with Crippen molar-refractivity contribution in [3.05, 3.63) is 28.5 Å². The summed E-state index contributed by atoms with van der Waals surface area (Å²) in [6.07, 6.45) is -5.04. The molecule has 16 heavy (non-hydrogen) atoms. The van der Waals surface area contributed by atoms with E-state index in [0.29, 0.717) is 12.1 Å². The van der Waals surface area contributed by atoms with Crippen LogP contribution in [0.4, 0.5) is 17.6 Å². The molecule has 0 fully saturated rings. The molecular weight excluding hydrogens is 252 g/mol. The Morgan fingerprint density at radius 2 is 1.94 bits per heavy atom. The van der Waals surface area contributed by atoms with Gasteiger partial charge in [-0.2, -0.15) is 13.2 Å². The molecule has 0 aliphatic heterocycles. The molecule has 0 spiro atoms. The Morgan fingerprint density at radius 1 is 1.38 bits per heavy atom. The van der Waals surface area contributed by atoms with Gasteiger partial charge in [-0.15, -0.1) is 0 Å². The lowest BCUT2D eigenvalue weighted by molar-refractivity contribution is -0.0885. The van der Waals surface area contributed by atoms with E-state index in [0.717, 1.165) is 7.11 Å². The first-order valence-corrected chi connectivity index (χ1v) is 4.29. The van der Waals surface area contributed by atoms with Gasteiger partial charge in [0, 0.05) is 5.56 Å². The SMILES string of the molecule is COc1cc(C(=O)C(F)(F)F)cc(Cl)c1F. The minimum absolute atomic E-state index is 0.514. The summed E-state index contributed by atoms with van der Waals surface area (Å²) in [5.74, 6) is -3.63. The number of methoxy groups -OCH3 is 1. The van der Waals surface area contributed by atoms with E-state index >= 15 is 0 Å². The number of hydrogen-bond donors (Lipinski definition) is 0. The summed E-state index contributed by atoms with van der Waals surface area (Å²) in [5.41, 5.74) is -0.768. The fourth-order valence-electron chi connectivity index (χ4n) is 1.01. The van der Waals surface area contributed by atoms with Crippen LogP contribution in [-0.4, -0.2) is 19.1 Å². The van der Waals surface area contributed by atoms with Crippen molar-refractivity contribution >= 4 is 17.4 Å². The van der Waals surface area contributed by atoms with Gasteiger partial charge >= 0.3 is 6.18 Å². The molecule has 88 valence electrons. The second kappa shape index (κ2) is 4.29. The number of Topliss-reactive ketones (excluding diaryl/α,β-unsaturated/α-hetero) is 1. The van der Waals surface area contributed by atoms with Crippen molar-refractivity contribution in [2.24, 2.45) is 0 Å². The lowest BCUT2D eigenvalue weighted by Gasteiger charge is -2.08. The summed E-state index contributed by atoms with van der Waals surface area (Å²) >= 11 is 5.32. The van der Waals surface area contributed by atoms with Crippen molar-refractivity contribution in [1.29, 1.82) is 0 Å². The molecule has 0 bridgehead atoms. The van der Waals surface area contributed by atoms with Gasteiger partial charge in [0.05, 0.1) is 12.1 Å². The second-order valence-corrected chi connectivity index (χ2v) is 3.21. The molecule has 1 aromatic rings. The van der Waals surface area contributed by atoms with Crippen molar-refractivity contribution in [1.82, 2.24) is 0 Å². The number of rotatable bonds is 2. The number of alkyl halides is 3. The quantitative estimate of drug-likeness (QED) is 0.600. The minimum atomic E-state index is -5.04. The Bertz CT molecular complexity index is 428. The van der Waals surface area contributed by atoms with E-state index in [1.54, 1.807) is 0 Å². The second-order valence-electron chi connectivity index (χ2n) is 2.80. The van der Waals surface area contributed by atoms with Crippen LogP contribution in [0.15, 0.2) is 12.1 Å². The number of carbonyl (C=O) groups excluding carboxylic acids is 1. The predicted octanol–water partition coefficient (Wildman–Crippen LogP) is 3.23. The van der Waals surface area contributed by atoms with Crippen LogP contribution >= 0.6 is 11.6 Å². The fraction of sp³-hybridized carbons (Fsp3) is 0.222. The summed E-state index contributed by atoms with van der Waals surface area (Å²) in [4.78, 5) is 10.8. The van der Waals surface area contributed by atoms with Gasteiger partial charge in [0.15, 0.2) is 11.6 Å². The predicted molar refractivity (Wildman–Crippen MR) is 48.3 cm³/mol. The van der Waals surface area contributed by atoms with Gasteiger partial charge in [0.2, 0.25) is 0 Å². The van der Waals surface area contributed by atoms with E-state index in [4.69, 9.17) is 11.6 Å². The third kappa shape index (κ3) is 2.44. The lowest BCUT2D eigenvalue weighted by atomic mass is 10.1. The Hall–Kier alpha value is -1.30. The molecule has 0 atom stereocenters. The maximum absolute atomic E-state index is 13.1. The van der Waals surface area contributed by atoms with Crippen molar-refractivity contribution in [2.45, 2.75) is 6.18 Å². The number of ketones is 1. The van der Waals surface area contributed by atoms with Crippen LogP contribution in [0.5, 0.6) is 5.75 Å². The molecule has 0 N–H and O–H groups in total. The molecule has 0 saturated carbocycles. The highest BCUT2D eigenvalue weighted by atomic mass is 35.5. The molecule has 0 aliphatic rings. The van der Waals surface area contributed by atoms with Crippen LogP contribution in [0.25, 0.3) is 0 Å². The van der Waals surface area contributed by atoms with Crippen LogP contribution in [0.3, 0.4) is 0 Å². The molecule has 0 aromatic heterocycles. The monoisotopic (exact) mass is 256 g/mol. The average molecular weight is 257 g/mol. The van der Waals surface area contributed by atoms with E-state index in [1.807, 2.05) is 0 Å². The van der Waals surface area contributed by atoms with Gasteiger partial charge in [-0.1, -0.05) is 11.6 Å².